The Morgan fingerprint density at radius 1 is 0.202 bits per heavy atom. The maximum atomic E-state index is 13.8. The highest BCUT2D eigenvalue weighted by Crippen LogP contribution is 2.42. The molecule has 5 rings (SSSR count). The van der Waals surface area contributed by atoms with E-state index in [0.717, 1.165) is 111 Å². The molecule has 42 heteroatoms. The molecule has 584 valence electrons. The predicted octanol–water partition coefficient (Wildman–Crippen LogP) is -2.79. The summed E-state index contributed by atoms with van der Waals surface area (Å²) in [5.41, 5.74) is 0. The standard InChI is InChI=1S/C62H84O42/c1-22(63)80-17-38-43(85-27(6)68)48(53(58(79)96-38)91-33(12)74)101-60-55(93-35(14)76)50(45(87-29(8)70)40(98-60)19-82-24(3)65)103-62-57(95-37(16)78)52(47(89-31(10)72)42(100-62)21-84-26(5)67)104-61-56(94-36(15)77)51(46(88-30(9)71)41(99-61)20-83-25(4)66)102-59-54(92-34(13)75)49(90-32(11)73)44(86-28(7)69)39(97-59)18-81-23(2)64/h38-62,79H,17-21H2,1-16H3/t38-,39-,40-,41-,42-,43-,44-,45-,46-,47-,48+,49+,50+,51+,52+,53-,54-,55-,56-,57-,58-,59+,60+,61+,62+/m1/s1. The first-order valence-electron chi connectivity index (χ1n) is 31.8. The largest absolute Gasteiger partial charge is 0.463 e. The molecule has 5 aliphatic heterocycles. The lowest BCUT2D eigenvalue weighted by atomic mass is 9.94. The number of ether oxygens (including phenoxy) is 25. The van der Waals surface area contributed by atoms with Gasteiger partial charge in [-0.05, 0) is 0 Å². The van der Waals surface area contributed by atoms with Gasteiger partial charge in [0.2, 0.25) is 0 Å². The highest BCUT2D eigenvalue weighted by atomic mass is 16.8. The topological polar surface area (TPSA) is 524 Å². The molecule has 0 bridgehead atoms. The fourth-order valence-electron chi connectivity index (χ4n) is 11.3. The smallest absolute Gasteiger partial charge is 0.303 e. The van der Waals surface area contributed by atoms with Crippen LogP contribution in [-0.2, 0) is 195 Å². The van der Waals surface area contributed by atoms with E-state index in [-0.39, 0.29) is 0 Å². The number of esters is 16. The molecule has 25 atom stereocenters. The van der Waals surface area contributed by atoms with Gasteiger partial charge < -0.3 is 124 Å². The van der Waals surface area contributed by atoms with Crippen LogP contribution in [0.5, 0.6) is 0 Å². The molecule has 5 aliphatic rings. The third-order valence-corrected chi connectivity index (χ3v) is 14.7. The van der Waals surface area contributed by atoms with E-state index < -0.39 is 282 Å². The Morgan fingerprint density at radius 3 is 0.558 bits per heavy atom. The Labute approximate surface area is 591 Å². The van der Waals surface area contributed by atoms with Crippen LogP contribution in [0, 0.1) is 0 Å². The molecule has 0 spiro atoms. The monoisotopic (exact) mass is 1500 g/mol. The van der Waals surface area contributed by atoms with Crippen molar-refractivity contribution in [2.75, 3.05) is 33.0 Å². The van der Waals surface area contributed by atoms with Crippen molar-refractivity contribution in [3.63, 3.8) is 0 Å². The van der Waals surface area contributed by atoms with Gasteiger partial charge in [-0.25, -0.2) is 0 Å². The fraction of sp³-hybridized carbons (Fsp3) is 0.742. The summed E-state index contributed by atoms with van der Waals surface area (Å²) in [4.78, 5) is 208. The summed E-state index contributed by atoms with van der Waals surface area (Å²) in [5.74, 6) is -17.8. The van der Waals surface area contributed by atoms with Crippen LogP contribution in [0.3, 0.4) is 0 Å². The number of rotatable bonds is 29. The summed E-state index contributed by atoms with van der Waals surface area (Å²) < 4.78 is 146. The third-order valence-electron chi connectivity index (χ3n) is 14.7. The summed E-state index contributed by atoms with van der Waals surface area (Å²) >= 11 is 0. The quantitative estimate of drug-likeness (QED) is 0.0584. The molecule has 0 aliphatic carbocycles. The van der Waals surface area contributed by atoms with Crippen molar-refractivity contribution in [2.24, 2.45) is 0 Å². The molecule has 42 nitrogen and oxygen atoms in total. The number of hydrogen-bond donors (Lipinski definition) is 1. The van der Waals surface area contributed by atoms with Crippen molar-refractivity contribution in [1.82, 2.24) is 0 Å². The Bertz CT molecular complexity index is 3110. The highest BCUT2D eigenvalue weighted by Gasteiger charge is 2.63. The van der Waals surface area contributed by atoms with Crippen LogP contribution in [0.4, 0.5) is 0 Å². The van der Waals surface area contributed by atoms with Crippen LogP contribution in [0.1, 0.15) is 111 Å². The average Bonchev–Trinajstić information content (AvgIpc) is 0.765. The zero-order chi connectivity index (χ0) is 77.9. The summed E-state index contributed by atoms with van der Waals surface area (Å²) in [5, 5.41) is 11.5. The van der Waals surface area contributed by atoms with E-state index in [4.69, 9.17) is 118 Å². The molecular formula is C62H84O42. The van der Waals surface area contributed by atoms with E-state index in [1.165, 1.54) is 0 Å². The molecular weight excluding hydrogens is 1420 g/mol. The minimum Gasteiger partial charge on any atom is -0.463 e. The van der Waals surface area contributed by atoms with Crippen molar-refractivity contribution in [2.45, 2.75) is 264 Å². The van der Waals surface area contributed by atoms with E-state index in [0.29, 0.717) is 0 Å². The van der Waals surface area contributed by atoms with E-state index in [1.807, 2.05) is 0 Å². The summed E-state index contributed by atoms with van der Waals surface area (Å²) in [6, 6.07) is 0. The van der Waals surface area contributed by atoms with Crippen LogP contribution < -0.4 is 0 Å². The molecule has 104 heavy (non-hydrogen) atoms. The van der Waals surface area contributed by atoms with Gasteiger partial charge in [0.1, 0.15) is 88.0 Å². The number of carbonyl (C=O) groups excluding carboxylic acids is 16. The molecule has 0 unspecified atom stereocenters. The number of aliphatic hydroxyl groups excluding tert-OH is 1. The summed E-state index contributed by atoms with van der Waals surface area (Å²) in [6.45, 7) is 9.73. The molecule has 5 fully saturated rings. The fourth-order valence-corrected chi connectivity index (χ4v) is 11.3. The van der Waals surface area contributed by atoms with Gasteiger partial charge in [0, 0.05) is 111 Å². The van der Waals surface area contributed by atoms with E-state index in [1.54, 1.807) is 0 Å². The van der Waals surface area contributed by atoms with Crippen molar-refractivity contribution in [1.29, 1.82) is 0 Å². The van der Waals surface area contributed by atoms with Crippen molar-refractivity contribution < 1.29 is 200 Å². The van der Waals surface area contributed by atoms with Gasteiger partial charge in [-0.3, -0.25) is 76.7 Å². The summed E-state index contributed by atoms with van der Waals surface area (Å²) in [6.07, 6.45) is -53.1. The molecule has 0 radical (unpaired) electrons. The second-order valence-corrected chi connectivity index (χ2v) is 23.5. The maximum absolute atomic E-state index is 13.8. The lowest BCUT2D eigenvalue weighted by molar-refractivity contribution is -0.395. The third kappa shape index (κ3) is 25.5. The van der Waals surface area contributed by atoms with Crippen molar-refractivity contribution >= 4 is 95.5 Å². The zero-order valence-corrected chi connectivity index (χ0v) is 59.2. The molecule has 5 heterocycles. The number of aliphatic hydroxyl groups is 1. The van der Waals surface area contributed by atoms with E-state index >= 15 is 0 Å². The SMILES string of the molecule is CC(=O)OC[C@H]1O[C@@H](O)[C@H](OC(C)=O)[C@@H](O[C@@H]2O[C@H](COC(C)=O)[C@@H](OC(C)=O)[C@H](O[C@@H]3O[C@H](COC(C)=O)[C@@H](OC(C)=O)[C@H](O[C@@H]4O[C@H](COC(C)=O)[C@@H](OC(C)=O)[C@H](O[C@@H]5O[C@H](COC(C)=O)[C@@H](OC(C)=O)[C@H](OC(C)=O)[C@H]5OC(C)=O)[C@H]4OC(C)=O)[C@H]3OC(C)=O)[C@H]2OC(C)=O)[C@@H]1OC(C)=O. The van der Waals surface area contributed by atoms with E-state index in [2.05, 4.69) is 0 Å². The average molecular weight is 1500 g/mol. The van der Waals surface area contributed by atoms with Crippen molar-refractivity contribution in [3.8, 4) is 0 Å². The maximum Gasteiger partial charge on any atom is 0.303 e. The number of hydrogen-bond acceptors (Lipinski definition) is 42. The van der Waals surface area contributed by atoms with Crippen LogP contribution >= 0.6 is 0 Å². The van der Waals surface area contributed by atoms with Crippen LogP contribution in [0.15, 0.2) is 0 Å². The van der Waals surface area contributed by atoms with Gasteiger partial charge in [0.15, 0.2) is 98.6 Å². The Morgan fingerprint density at radius 2 is 0.356 bits per heavy atom. The predicted molar refractivity (Wildman–Crippen MR) is 319 cm³/mol. The Balaban J connectivity index is 1.85. The van der Waals surface area contributed by atoms with Gasteiger partial charge in [-0.15, -0.1) is 0 Å². The molecule has 0 aromatic carbocycles. The molecule has 0 aromatic heterocycles. The van der Waals surface area contributed by atoms with Crippen LogP contribution in [0.2, 0.25) is 0 Å². The second kappa shape index (κ2) is 39.3. The first kappa shape index (κ1) is 85.8. The van der Waals surface area contributed by atoms with Crippen molar-refractivity contribution in [3.05, 3.63) is 0 Å². The molecule has 0 aromatic rings. The van der Waals surface area contributed by atoms with Crippen LogP contribution in [0.25, 0.3) is 0 Å². The minimum absolute atomic E-state index is 0.795. The Hall–Kier alpha value is -8.88. The lowest BCUT2D eigenvalue weighted by Gasteiger charge is -2.51. The second-order valence-electron chi connectivity index (χ2n) is 23.5. The molecule has 5 saturated heterocycles. The van der Waals surface area contributed by atoms with Gasteiger partial charge in [0.05, 0.1) is 0 Å². The molecule has 0 amide bonds. The van der Waals surface area contributed by atoms with E-state index in [9.17, 15) is 81.8 Å². The first-order chi connectivity index (χ1) is 48.6. The van der Waals surface area contributed by atoms with Gasteiger partial charge in [0.25, 0.3) is 0 Å². The van der Waals surface area contributed by atoms with Gasteiger partial charge >= 0.3 is 95.5 Å². The highest BCUT2D eigenvalue weighted by molar-refractivity contribution is 5.72. The zero-order valence-electron chi connectivity index (χ0n) is 59.2. The first-order valence-corrected chi connectivity index (χ1v) is 31.8. The molecule has 0 saturated carbocycles. The lowest BCUT2D eigenvalue weighted by Crippen LogP contribution is -2.70. The minimum atomic E-state index is -2.46. The van der Waals surface area contributed by atoms with Gasteiger partial charge in [-0.1, -0.05) is 0 Å². The summed E-state index contributed by atoms with van der Waals surface area (Å²) in [7, 11) is 0. The van der Waals surface area contributed by atoms with Crippen LogP contribution in [-0.4, -0.2) is 287 Å². The molecule has 1 N–H and O–H groups in total. The normalized spacial score (nSPS) is 33.0. The Kier molecular flexibility index (Phi) is 32.4. The number of carbonyl (C=O) groups is 16. The van der Waals surface area contributed by atoms with Gasteiger partial charge in [-0.2, -0.15) is 0 Å².